The van der Waals surface area contributed by atoms with Crippen molar-refractivity contribution in [1.82, 2.24) is 24.4 Å². The second kappa shape index (κ2) is 6.97. The van der Waals surface area contributed by atoms with Gasteiger partial charge in [-0.3, -0.25) is 9.89 Å². The van der Waals surface area contributed by atoms with Crippen LogP contribution in [0.2, 0.25) is 0 Å². The van der Waals surface area contributed by atoms with Gasteiger partial charge in [0.1, 0.15) is 5.82 Å². The van der Waals surface area contributed by atoms with Gasteiger partial charge in [0.2, 0.25) is 15.9 Å². The first-order valence-electron chi connectivity index (χ1n) is 9.47. The minimum Gasteiger partial charge on any atom is -0.342 e. The number of carbonyl (C=O) groups is 1. The molecule has 2 aliphatic heterocycles. The molecular formula is C19H25N5O3S. The third kappa shape index (κ3) is 3.33. The first-order chi connectivity index (χ1) is 13.3. The van der Waals surface area contributed by atoms with E-state index < -0.39 is 15.4 Å². The van der Waals surface area contributed by atoms with Crippen molar-refractivity contribution in [2.24, 2.45) is 5.92 Å². The van der Waals surface area contributed by atoms with Crippen LogP contribution in [0.4, 0.5) is 0 Å². The predicted molar refractivity (Wildman–Crippen MR) is 104 cm³/mol. The number of H-pyrrole nitrogens is 1. The van der Waals surface area contributed by atoms with Crippen LogP contribution in [-0.4, -0.2) is 64.9 Å². The number of likely N-dealkylation sites (tertiary alicyclic amines) is 1. The average molecular weight is 404 g/mol. The third-order valence-electron chi connectivity index (χ3n) is 6.00. The molecule has 2 fully saturated rings. The van der Waals surface area contributed by atoms with Crippen molar-refractivity contribution in [2.45, 2.75) is 31.4 Å². The molecule has 28 heavy (non-hydrogen) atoms. The number of aryl methyl sites for hydroxylation is 1. The van der Waals surface area contributed by atoms with Crippen LogP contribution in [0.5, 0.6) is 0 Å². The summed E-state index contributed by atoms with van der Waals surface area (Å²) in [7, 11) is -3.44. The number of carbonyl (C=O) groups excluding carboxylic acids is 1. The molecule has 0 bridgehead atoms. The lowest BCUT2D eigenvalue weighted by molar-refractivity contribution is -0.128. The summed E-state index contributed by atoms with van der Waals surface area (Å²) < 4.78 is 27.6. The Morgan fingerprint density at radius 2 is 2.04 bits per heavy atom. The lowest BCUT2D eigenvalue weighted by Gasteiger charge is -2.40. The van der Waals surface area contributed by atoms with E-state index in [4.69, 9.17) is 0 Å². The lowest BCUT2D eigenvalue weighted by atomic mass is 9.72. The van der Waals surface area contributed by atoms with Crippen molar-refractivity contribution >= 4 is 15.9 Å². The highest BCUT2D eigenvalue weighted by Crippen LogP contribution is 2.44. The molecular weight excluding hydrogens is 378 g/mol. The minimum atomic E-state index is -3.44. The van der Waals surface area contributed by atoms with Gasteiger partial charge in [-0.05, 0) is 18.9 Å². The van der Waals surface area contributed by atoms with Gasteiger partial charge in [0.05, 0.1) is 11.2 Å². The number of rotatable bonds is 4. The Hall–Kier alpha value is -2.26. The zero-order valence-electron chi connectivity index (χ0n) is 16.1. The molecule has 1 aromatic carbocycles. The van der Waals surface area contributed by atoms with Crippen molar-refractivity contribution in [3.63, 3.8) is 0 Å². The first-order valence-corrected chi connectivity index (χ1v) is 11.1. The molecule has 0 spiro atoms. The number of amides is 1. The van der Waals surface area contributed by atoms with Crippen molar-refractivity contribution in [2.75, 3.05) is 26.2 Å². The van der Waals surface area contributed by atoms with Crippen molar-refractivity contribution in [1.29, 1.82) is 0 Å². The smallest absolute Gasteiger partial charge is 0.219 e. The highest BCUT2D eigenvalue weighted by Gasteiger charge is 2.54. The number of piperidine rings is 1. The fraction of sp³-hybridized carbons (Fsp3) is 0.526. The van der Waals surface area contributed by atoms with Crippen LogP contribution in [0.25, 0.3) is 0 Å². The number of nitrogens with one attached hydrogen (secondary N) is 1. The largest absolute Gasteiger partial charge is 0.342 e. The molecule has 1 aromatic heterocycles. The number of hydrogen-bond donors (Lipinski definition) is 1. The van der Waals surface area contributed by atoms with Crippen molar-refractivity contribution in [3.8, 4) is 0 Å². The van der Waals surface area contributed by atoms with Crippen molar-refractivity contribution in [3.05, 3.63) is 47.5 Å². The van der Waals surface area contributed by atoms with Crippen molar-refractivity contribution < 1.29 is 13.2 Å². The number of nitrogens with zero attached hydrogens (tertiary/aromatic N) is 4. The molecule has 0 aliphatic carbocycles. The summed E-state index contributed by atoms with van der Waals surface area (Å²) >= 11 is 0. The van der Waals surface area contributed by atoms with E-state index in [0.717, 1.165) is 11.4 Å². The van der Waals surface area contributed by atoms with Crippen LogP contribution >= 0.6 is 0 Å². The Morgan fingerprint density at radius 3 is 2.68 bits per heavy atom. The van der Waals surface area contributed by atoms with Gasteiger partial charge < -0.3 is 4.90 Å². The maximum absolute atomic E-state index is 13.0. The van der Waals surface area contributed by atoms with E-state index in [1.165, 1.54) is 0 Å². The van der Waals surface area contributed by atoms with Gasteiger partial charge >= 0.3 is 0 Å². The van der Waals surface area contributed by atoms with E-state index in [1.54, 1.807) is 16.1 Å². The molecule has 2 atom stereocenters. The molecule has 2 aliphatic rings. The van der Waals surface area contributed by atoms with Gasteiger partial charge in [0, 0.05) is 39.0 Å². The Balaban J connectivity index is 1.60. The Bertz CT molecular complexity index is 974. The zero-order valence-corrected chi connectivity index (χ0v) is 16.9. The Labute approximate surface area is 165 Å². The summed E-state index contributed by atoms with van der Waals surface area (Å²) in [5, 5.41) is 7.27. The number of sulfonamides is 1. The molecule has 8 nitrogen and oxygen atoms in total. The van der Waals surface area contributed by atoms with Crippen LogP contribution in [0.15, 0.2) is 30.3 Å². The molecule has 1 N–H and O–H groups in total. The monoisotopic (exact) mass is 403 g/mol. The zero-order chi connectivity index (χ0) is 19.9. The first kappa shape index (κ1) is 19.1. The summed E-state index contributed by atoms with van der Waals surface area (Å²) in [6.45, 7) is 5.26. The van der Waals surface area contributed by atoms with Gasteiger partial charge in [-0.25, -0.2) is 17.7 Å². The number of fused-ring (bicyclic) bond motifs is 1. The standard InChI is InChI=1S/C19H25N5O3S/c1-14-20-18(22-21-14)19-8-9-24(11-17(19)10-23(13-19)15(2)25)28(26,27)12-16-6-4-3-5-7-16/h3-7,17H,8-13H2,1-2H3,(H,20,21,22)/t17-,19+/m0/s1. The molecule has 3 heterocycles. The third-order valence-corrected chi connectivity index (χ3v) is 7.82. The van der Waals surface area contributed by atoms with Gasteiger partial charge in [-0.2, -0.15) is 5.10 Å². The molecule has 9 heteroatoms. The maximum Gasteiger partial charge on any atom is 0.219 e. The molecule has 150 valence electrons. The van der Waals surface area contributed by atoms with E-state index in [0.29, 0.717) is 38.4 Å². The Morgan fingerprint density at radius 1 is 1.29 bits per heavy atom. The molecule has 2 saturated heterocycles. The van der Waals surface area contributed by atoms with Gasteiger partial charge in [0.15, 0.2) is 5.82 Å². The van der Waals surface area contributed by atoms with E-state index in [1.807, 2.05) is 37.3 Å². The molecule has 2 aromatic rings. The quantitative estimate of drug-likeness (QED) is 0.823. The Kier molecular flexibility index (Phi) is 4.75. The second-order valence-corrected chi connectivity index (χ2v) is 9.82. The molecule has 0 saturated carbocycles. The van der Waals surface area contributed by atoms with Crippen LogP contribution in [0.1, 0.15) is 30.6 Å². The highest BCUT2D eigenvalue weighted by molar-refractivity contribution is 7.88. The molecule has 1 amide bonds. The highest BCUT2D eigenvalue weighted by atomic mass is 32.2. The van der Waals surface area contributed by atoms with Gasteiger partial charge in [-0.1, -0.05) is 30.3 Å². The van der Waals surface area contributed by atoms with Gasteiger partial charge in [-0.15, -0.1) is 0 Å². The average Bonchev–Trinajstić information content (AvgIpc) is 3.26. The fourth-order valence-electron chi connectivity index (χ4n) is 4.45. The topological polar surface area (TPSA) is 99.3 Å². The molecule has 0 radical (unpaired) electrons. The fourth-order valence-corrected chi connectivity index (χ4v) is 6.02. The molecule has 4 rings (SSSR count). The summed E-state index contributed by atoms with van der Waals surface area (Å²) in [6, 6.07) is 9.22. The number of aromatic nitrogens is 3. The summed E-state index contributed by atoms with van der Waals surface area (Å²) in [5.41, 5.74) is 0.385. The van der Waals surface area contributed by atoms with E-state index in [2.05, 4.69) is 15.2 Å². The summed E-state index contributed by atoms with van der Waals surface area (Å²) in [6.07, 6.45) is 0.604. The van der Waals surface area contributed by atoms with Gasteiger partial charge in [0.25, 0.3) is 0 Å². The number of benzene rings is 1. The number of hydrogen-bond acceptors (Lipinski definition) is 5. The SMILES string of the molecule is CC(=O)N1C[C@H]2CN(S(=O)(=O)Cc3ccccc3)CC[C@@]2(c2n[nH]c(C)n2)C1. The minimum absolute atomic E-state index is 0.000254. The summed E-state index contributed by atoms with van der Waals surface area (Å²) in [4.78, 5) is 18.4. The lowest BCUT2D eigenvalue weighted by Crippen LogP contribution is -2.52. The van der Waals surface area contributed by atoms with Crippen LogP contribution in [-0.2, 0) is 26.0 Å². The summed E-state index contributed by atoms with van der Waals surface area (Å²) in [5.74, 6) is 1.39. The number of aromatic amines is 1. The van der Waals surface area contributed by atoms with Crippen LogP contribution in [0, 0.1) is 12.8 Å². The maximum atomic E-state index is 13.0. The predicted octanol–water partition coefficient (Wildman–Crippen LogP) is 1.06. The molecule has 0 unspecified atom stereocenters. The van der Waals surface area contributed by atoms with E-state index in [9.17, 15) is 13.2 Å². The van der Waals surface area contributed by atoms with Crippen LogP contribution < -0.4 is 0 Å². The van der Waals surface area contributed by atoms with E-state index in [-0.39, 0.29) is 17.6 Å². The normalized spacial score (nSPS) is 25.6. The second-order valence-electron chi connectivity index (χ2n) is 7.85. The van der Waals surface area contributed by atoms with Crippen LogP contribution in [0.3, 0.4) is 0 Å². The van der Waals surface area contributed by atoms with E-state index >= 15 is 0 Å².